The van der Waals surface area contributed by atoms with E-state index in [1.807, 2.05) is 18.2 Å². The van der Waals surface area contributed by atoms with Gasteiger partial charge >= 0.3 is 5.97 Å². The first-order valence-electron chi connectivity index (χ1n) is 5.36. The van der Waals surface area contributed by atoms with Gasteiger partial charge in [0, 0.05) is 14.2 Å². The first kappa shape index (κ1) is 14.3. The van der Waals surface area contributed by atoms with Crippen LogP contribution in [0.3, 0.4) is 0 Å². The third-order valence-electron chi connectivity index (χ3n) is 2.37. The Morgan fingerprint density at radius 2 is 2.16 bits per heavy atom. The fourth-order valence-electron chi connectivity index (χ4n) is 1.47. The Bertz CT molecular complexity index is 619. The molecule has 0 saturated heterocycles. The normalized spacial score (nSPS) is 10.1. The van der Waals surface area contributed by atoms with Crippen LogP contribution in [0.15, 0.2) is 41.0 Å². The van der Waals surface area contributed by atoms with E-state index in [1.165, 1.54) is 7.11 Å². The maximum absolute atomic E-state index is 11.5. The van der Waals surface area contributed by atoms with Crippen molar-refractivity contribution in [2.24, 2.45) is 0 Å². The first-order chi connectivity index (χ1) is 9.10. The molecule has 2 rings (SSSR count). The van der Waals surface area contributed by atoms with Gasteiger partial charge in [0.2, 0.25) is 0 Å². The van der Waals surface area contributed by atoms with E-state index in [1.54, 1.807) is 18.3 Å². The Morgan fingerprint density at radius 3 is 2.89 bits per heavy atom. The van der Waals surface area contributed by atoms with Crippen molar-refractivity contribution in [3.8, 4) is 0 Å². The fraction of sp³-hybridized carbons (Fsp3) is 0.0769. The number of nitrogens with zero attached hydrogens (tertiary/aromatic N) is 1. The highest BCUT2D eigenvalue weighted by atomic mass is 127. The summed E-state index contributed by atoms with van der Waals surface area (Å²) in [6, 6.07) is 9.19. The number of aromatic nitrogens is 1. The molecule has 1 aromatic heterocycles. The Labute approximate surface area is 132 Å². The molecule has 0 saturated carbocycles. The SMILES string of the molecule is COC(=O)c1ccnc(Nc2cc(I)ccc2Br)c1. The van der Waals surface area contributed by atoms with E-state index < -0.39 is 0 Å². The molecule has 0 aliphatic heterocycles. The number of anilines is 2. The monoisotopic (exact) mass is 432 g/mol. The molecular weight excluding hydrogens is 423 g/mol. The number of carbonyl (C=O) groups excluding carboxylic acids is 1. The molecule has 0 atom stereocenters. The lowest BCUT2D eigenvalue weighted by Crippen LogP contribution is -2.03. The zero-order chi connectivity index (χ0) is 13.8. The predicted molar refractivity (Wildman–Crippen MR) is 85.7 cm³/mol. The molecule has 0 aliphatic rings. The summed E-state index contributed by atoms with van der Waals surface area (Å²) < 4.78 is 6.71. The van der Waals surface area contributed by atoms with Gasteiger partial charge in [-0.15, -0.1) is 0 Å². The molecule has 0 radical (unpaired) electrons. The van der Waals surface area contributed by atoms with Crippen molar-refractivity contribution in [1.82, 2.24) is 4.98 Å². The molecular formula is C13H10BrIN2O2. The number of pyridine rings is 1. The number of hydrogen-bond acceptors (Lipinski definition) is 4. The van der Waals surface area contributed by atoms with Crippen LogP contribution in [0.25, 0.3) is 0 Å². The largest absolute Gasteiger partial charge is 0.465 e. The minimum absolute atomic E-state index is 0.382. The van der Waals surface area contributed by atoms with Crippen molar-refractivity contribution in [2.45, 2.75) is 0 Å². The van der Waals surface area contributed by atoms with Crippen LogP contribution in [-0.4, -0.2) is 18.1 Å². The molecule has 1 N–H and O–H groups in total. The molecule has 0 bridgehead atoms. The van der Waals surface area contributed by atoms with Gasteiger partial charge in [-0.2, -0.15) is 0 Å². The number of methoxy groups -OCH3 is 1. The van der Waals surface area contributed by atoms with Gasteiger partial charge in [-0.25, -0.2) is 9.78 Å². The standard InChI is InChI=1S/C13H10BrIN2O2/c1-19-13(18)8-4-5-16-12(6-8)17-11-7-9(15)2-3-10(11)14/h2-7H,1H3,(H,16,17). The van der Waals surface area contributed by atoms with Gasteiger partial charge in [0.25, 0.3) is 0 Å². The second-order valence-corrected chi connectivity index (χ2v) is 5.77. The first-order valence-corrected chi connectivity index (χ1v) is 7.24. The summed E-state index contributed by atoms with van der Waals surface area (Å²) in [7, 11) is 1.35. The Morgan fingerprint density at radius 1 is 1.37 bits per heavy atom. The smallest absolute Gasteiger partial charge is 0.338 e. The van der Waals surface area contributed by atoms with E-state index in [-0.39, 0.29) is 5.97 Å². The van der Waals surface area contributed by atoms with Crippen molar-refractivity contribution in [2.75, 3.05) is 12.4 Å². The minimum Gasteiger partial charge on any atom is -0.465 e. The van der Waals surface area contributed by atoms with Crippen LogP contribution < -0.4 is 5.32 Å². The summed E-state index contributed by atoms with van der Waals surface area (Å²) in [6.45, 7) is 0. The average Bonchev–Trinajstić information content (AvgIpc) is 2.42. The van der Waals surface area contributed by atoms with Gasteiger partial charge in [0.05, 0.1) is 18.4 Å². The van der Waals surface area contributed by atoms with Gasteiger partial charge in [-0.1, -0.05) is 0 Å². The molecule has 4 nitrogen and oxygen atoms in total. The zero-order valence-corrected chi connectivity index (χ0v) is 13.7. The van der Waals surface area contributed by atoms with E-state index in [4.69, 9.17) is 0 Å². The maximum Gasteiger partial charge on any atom is 0.338 e. The fourth-order valence-corrected chi connectivity index (χ4v) is 2.31. The summed E-state index contributed by atoms with van der Waals surface area (Å²) in [4.78, 5) is 15.6. The number of benzene rings is 1. The second kappa shape index (κ2) is 6.33. The van der Waals surface area contributed by atoms with Crippen molar-refractivity contribution < 1.29 is 9.53 Å². The van der Waals surface area contributed by atoms with Crippen molar-refractivity contribution >= 4 is 56.0 Å². The zero-order valence-electron chi connectivity index (χ0n) is 9.98. The molecule has 6 heteroatoms. The van der Waals surface area contributed by atoms with Gasteiger partial charge < -0.3 is 10.1 Å². The molecule has 98 valence electrons. The highest BCUT2D eigenvalue weighted by Gasteiger charge is 2.07. The minimum atomic E-state index is -0.382. The lowest BCUT2D eigenvalue weighted by atomic mass is 10.2. The molecule has 2 aromatic rings. The summed E-state index contributed by atoms with van der Waals surface area (Å²) in [5, 5.41) is 3.16. The predicted octanol–water partition coefficient (Wildman–Crippen LogP) is 3.98. The van der Waals surface area contributed by atoms with E-state index in [9.17, 15) is 4.79 Å². The maximum atomic E-state index is 11.5. The lowest BCUT2D eigenvalue weighted by molar-refractivity contribution is 0.0600. The van der Waals surface area contributed by atoms with E-state index in [2.05, 4.69) is 53.6 Å². The van der Waals surface area contributed by atoms with Crippen LogP contribution in [0.1, 0.15) is 10.4 Å². The topological polar surface area (TPSA) is 51.2 Å². The van der Waals surface area contributed by atoms with Crippen molar-refractivity contribution in [3.63, 3.8) is 0 Å². The van der Waals surface area contributed by atoms with Crippen LogP contribution in [0.5, 0.6) is 0 Å². The highest BCUT2D eigenvalue weighted by molar-refractivity contribution is 14.1. The van der Waals surface area contributed by atoms with E-state index >= 15 is 0 Å². The van der Waals surface area contributed by atoms with Gasteiger partial charge in [0.1, 0.15) is 5.82 Å². The van der Waals surface area contributed by atoms with Crippen LogP contribution >= 0.6 is 38.5 Å². The summed E-state index contributed by atoms with van der Waals surface area (Å²) in [5.41, 5.74) is 1.35. The van der Waals surface area contributed by atoms with Crippen molar-refractivity contribution in [3.05, 3.63) is 50.1 Å². The number of rotatable bonds is 3. The van der Waals surface area contributed by atoms with Crippen molar-refractivity contribution in [1.29, 1.82) is 0 Å². The van der Waals surface area contributed by atoms with Gasteiger partial charge in [-0.3, -0.25) is 0 Å². The third kappa shape index (κ3) is 3.66. The summed E-state index contributed by atoms with van der Waals surface area (Å²) in [6.07, 6.45) is 1.57. The number of carbonyl (C=O) groups is 1. The van der Waals surface area contributed by atoms with Crippen LogP contribution in [0, 0.1) is 3.57 Å². The quantitative estimate of drug-likeness (QED) is 0.588. The van der Waals surface area contributed by atoms with Crippen LogP contribution in [-0.2, 0) is 4.74 Å². The highest BCUT2D eigenvalue weighted by Crippen LogP contribution is 2.27. The van der Waals surface area contributed by atoms with Crippen LogP contribution in [0.4, 0.5) is 11.5 Å². The second-order valence-electron chi connectivity index (χ2n) is 3.67. The Hall–Kier alpha value is -1.15. The number of ether oxygens (including phenoxy) is 1. The Kier molecular flexibility index (Phi) is 4.76. The van der Waals surface area contributed by atoms with E-state index in [0.29, 0.717) is 11.4 Å². The number of esters is 1. The van der Waals surface area contributed by atoms with Gasteiger partial charge in [-0.05, 0) is 68.9 Å². The molecule has 0 fully saturated rings. The molecule has 0 amide bonds. The van der Waals surface area contributed by atoms with Gasteiger partial charge in [0.15, 0.2) is 0 Å². The number of hydrogen-bond donors (Lipinski definition) is 1. The molecule has 19 heavy (non-hydrogen) atoms. The molecule has 0 aliphatic carbocycles. The van der Waals surface area contributed by atoms with Crippen LogP contribution in [0.2, 0.25) is 0 Å². The molecule has 1 heterocycles. The summed E-state index contributed by atoms with van der Waals surface area (Å²) >= 11 is 5.70. The number of nitrogens with one attached hydrogen (secondary N) is 1. The molecule has 1 aromatic carbocycles. The third-order valence-corrected chi connectivity index (χ3v) is 3.73. The Balaban J connectivity index is 2.28. The average molecular weight is 433 g/mol. The lowest BCUT2D eigenvalue weighted by Gasteiger charge is -2.09. The molecule has 0 unspecified atom stereocenters. The summed E-state index contributed by atoms with van der Waals surface area (Å²) in [5.74, 6) is 0.206. The molecule has 0 spiro atoms. The number of halogens is 2. The van der Waals surface area contributed by atoms with E-state index in [0.717, 1.165) is 13.7 Å².